The van der Waals surface area contributed by atoms with E-state index in [2.05, 4.69) is 47.9 Å². The van der Waals surface area contributed by atoms with Crippen LogP contribution in [0.25, 0.3) is 21.8 Å². The Hall–Kier alpha value is -4.40. The van der Waals surface area contributed by atoms with Crippen molar-refractivity contribution in [1.82, 2.24) is 4.98 Å². The molecule has 1 heterocycles. The van der Waals surface area contributed by atoms with Gasteiger partial charge in [0.25, 0.3) is 0 Å². The number of ether oxygens (including phenoxy) is 1. The molecule has 0 radical (unpaired) electrons. The molecule has 0 saturated heterocycles. The molecule has 0 unspecified atom stereocenters. The van der Waals surface area contributed by atoms with Crippen LogP contribution in [-0.2, 0) is 14.3 Å². The molecule has 9 heteroatoms. The van der Waals surface area contributed by atoms with Crippen LogP contribution in [0, 0.1) is 0 Å². The van der Waals surface area contributed by atoms with Crippen LogP contribution in [0.3, 0.4) is 0 Å². The number of hydrogen-bond acceptors (Lipinski definition) is 5. The first-order chi connectivity index (χ1) is 16.2. The molecule has 0 aliphatic carbocycles. The maximum atomic E-state index is 11.8. The lowest BCUT2D eigenvalue weighted by atomic mass is 10.1. The second kappa shape index (κ2) is 12.6. The Bertz CT molecular complexity index is 1270. The van der Waals surface area contributed by atoms with Crippen molar-refractivity contribution in [2.45, 2.75) is 26.3 Å². The lowest BCUT2D eigenvalue weighted by Crippen LogP contribution is -2.09. The minimum Gasteiger partial charge on any atom is -0.478 e. The Labute approximate surface area is 196 Å². The Morgan fingerprint density at radius 1 is 1.09 bits per heavy atom. The highest BCUT2D eigenvalue weighted by atomic mass is 16.5. The summed E-state index contributed by atoms with van der Waals surface area (Å²) in [6.45, 7) is 8.10. The molecule has 1 amide bonds. The van der Waals surface area contributed by atoms with Crippen LogP contribution in [-0.4, -0.2) is 45.9 Å². The molecular formula is C25H27N3O6. The summed E-state index contributed by atoms with van der Waals surface area (Å²) in [5, 5.41) is 21.8. The summed E-state index contributed by atoms with van der Waals surface area (Å²) in [5.41, 5.74) is 3.02. The van der Waals surface area contributed by atoms with Crippen molar-refractivity contribution in [3.63, 3.8) is 0 Å². The average Bonchev–Trinajstić information content (AvgIpc) is 2.98. The number of aromatic amines is 1. The predicted molar refractivity (Wildman–Crippen MR) is 131 cm³/mol. The zero-order valence-corrected chi connectivity index (χ0v) is 18.9. The Morgan fingerprint density at radius 2 is 1.74 bits per heavy atom. The van der Waals surface area contributed by atoms with Gasteiger partial charge in [-0.2, -0.15) is 4.99 Å². The molecule has 4 N–H and O–H groups in total. The molecular weight excluding hydrogens is 438 g/mol. The van der Waals surface area contributed by atoms with Crippen molar-refractivity contribution < 1.29 is 29.3 Å². The van der Waals surface area contributed by atoms with Gasteiger partial charge in [-0.1, -0.05) is 30.3 Å². The first-order valence-electron chi connectivity index (χ1n) is 10.5. The minimum atomic E-state index is -1.26. The Balaban J connectivity index is 0.000000440. The van der Waals surface area contributed by atoms with Gasteiger partial charge in [-0.25, -0.2) is 14.4 Å². The van der Waals surface area contributed by atoms with Crippen LogP contribution in [0.2, 0.25) is 0 Å². The summed E-state index contributed by atoms with van der Waals surface area (Å²) >= 11 is 0. The molecule has 3 rings (SSSR count). The zero-order valence-electron chi connectivity index (χ0n) is 18.9. The second-order valence-electron chi connectivity index (χ2n) is 7.39. The highest BCUT2D eigenvalue weighted by molar-refractivity contribution is 6.10. The molecule has 2 aromatic carbocycles. The van der Waals surface area contributed by atoms with Crippen LogP contribution >= 0.6 is 0 Å². The standard InChI is InChI=1S/C21H23N3O2.C4H4O4/c1-4-5-12-26-21(25)23-15-8-6-9-16-17-10-7-11-18(22-14(2)3)20(17)24-19(16)13-15;5-3(6)1-2-4(7)8/h4,6-11,13-14,22,24H,1,5,12H2,2-3H3;1-2H,(H,5,6)(H,7,8)/b;2-1-. The van der Waals surface area contributed by atoms with Gasteiger partial charge in [0, 0.05) is 34.5 Å². The van der Waals surface area contributed by atoms with E-state index < -0.39 is 18.0 Å². The number of benzene rings is 1. The normalized spacial score (nSPS) is 11.3. The third-order valence-corrected chi connectivity index (χ3v) is 4.31. The summed E-state index contributed by atoms with van der Waals surface area (Å²) in [5.74, 6) is -2.51. The lowest BCUT2D eigenvalue weighted by molar-refractivity contribution is -0.134. The van der Waals surface area contributed by atoms with E-state index >= 15 is 0 Å². The summed E-state index contributed by atoms with van der Waals surface area (Å²) < 4.78 is 5.05. The number of carboxylic acid groups (broad SMARTS) is 2. The summed E-state index contributed by atoms with van der Waals surface area (Å²) in [7, 11) is 0. The van der Waals surface area contributed by atoms with E-state index in [1.54, 1.807) is 12.1 Å². The van der Waals surface area contributed by atoms with Gasteiger partial charge in [-0.3, -0.25) is 0 Å². The number of H-pyrrole nitrogens is 1. The average molecular weight is 466 g/mol. The number of carbonyl (C=O) groups excluding carboxylic acids is 1. The van der Waals surface area contributed by atoms with Crippen LogP contribution in [0.5, 0.6) is 0 Å². The maximum Gasteiger partial charge on any atom is 0.434 e. The van der Waals surface area contributed by atoms with Crippen LogP contribution in [0.15, 0.2) is 72.3 Å². The summed E-state index contributed by atoms with van der Waals surface area (Å²) in [6, 6.07) is 14.1. The van der Waals surface area contributed by atoms with Crippen LogP contribution < -0.4 is 10.7 Å². The summed E-state index contributed by atoms with van der Waals surface area (Å²) in [6.07, 6.45) is 2.84. The van der Waals surface area contributed by atoms with E-state index in [0.717, 1.165) is 27.5 Å². The van der Waals surface area contributed by atoms with Gasteiger partial charge in [0.15, 0.2) is 0 Å². The number of carbonyl (C=O) groups is 3. The van der Waals surface area contributed by atoms with Gasteiger partial charge in [0.1, 0.15) is 0 Å². The molecule has 34 heavy (non-hydrogen) atoms. The number of amides is 1. The summed E-state index contributed by atoms with van der Waals surface area (Å²) in [4.78, 5) is 38.4. The van der Waals surface area contributed by atoms with Gasteiger partial charge in [0.05, 0.1) is 23.2 Å². The second-order valence-corrected chi connectivity index (χ2v) is 7.39. The highest BCUT2D eigenvalue weighted by Crippen LogP contribution is 2.29. The lowest BCUT2D eigenvalue weighted by Gasteiger charge is -2.10. The molecule has 0 bridgehead atoms. The zero-order chi connectivity index (χ0) is 25.1. The maximum absolute atomic E-state index is 11.8. The van der Waals surface area contributed by atoms with Crippen molar-refractivity contribution >= 4 is 45.5 Å². The third kappa shape index (κ3) is 7.94. The number of anilines is 1. The van der Waals surface area contributed by atoms with Crippen molar-refractivity contribution in [2.75, 3.05) is 11.9 Å². The number of rotatable bonds is 7. The van der Waals surface area contributed by atoms with E-state index in [1.165, 1.54) is 0 Å². The number of aliphatic carboxylic acids is 2. The minimum absolute atomic E-state index is 0.289. The van der Waals surface area contributed by atoms with Crippen molar-refractivity contribution in [1.29, 1.82) is 0 Å². The van der Waals surface area contributed by atoms with E-state index in [4.69, 9.17) is 14.9 Å². The molecule has 0 spiro atoms. The molecule has 0 aliphatic rings. The highest BCUT2D eigenvalue weighted by Gasteiger charge is 2.08. The molecule has 0 aliphatic heterocycles. The van der Waals surface area contributed by atoms with Gasteiger partial charge in [-0.15, -0.1) is 6.58 Å². The van der Waals surface area contributed by atoms with E-state index in [1.807, 2.05) is 24.3 Å². The number of para-hydroxylation sites is 1. The van der Waals surface area contributed by atoms with Gasteiger partial charge < -0.3 is 25.3 Å². The third-order valence-electron chi connectivity index (χ3n) is 4.31. The SMILES string of the molecule is C=CCCOC(=O)N=c1cccc2c(c1)[nH]c1c(NC(C)C)cccc12.O=C(O)/C=C\C(=O)O. The number of hydrogen-bond donors (Lipinski definition) is 4. The molecule has 0 fully saturated rings. The first kappa shape index (κ1) is 25.9. The van der Waals surface area contributed by atoms with Crippen molar-refractivity contribution in [3.8, 4) is 0 Å². The Kier molecular flexibility index (Phi) is 9.57. The fourth-order valence-corrected chi connectivity index (χ4v) is 3.00. The Morgan fingerprint density at radius 3 is 2.35 bits per heavy atom. The smallest absolute Gasteiger partial charge is 0.434 e. The number of aromatic nitrogens is 1. The fourth-order valence-electron chi connectivity index (χ4n) is 3.00. The fraction of sp³-hybridized carbons (Fsp3) is 0.200. The van der Waals surface area contributed by atoms with Crippen molar-refractivity contribution in [2.24, 2.45) is 4.99 Å². The van der Waals surface area contributed by atoms with Gasteiger partial charge in [0.2, 0.25) is 0 Å². The molecule has 0 atom stereocenters. The number of nitrogens with one attached hydrogen (secondary N) is 2. The molecule has 3 aromatic rings. The number of carboxylic acids is 2. The van der Waals surface area contributed by atoms with E-state index in [9.17, 15) is 14.4 Å². The van der Waals surface area contributed by atoms with E-state index in [-0.39, 0.29) is 6.61 Å². The first-order valence-corrected chi connectivity index (χ1v) is 10.5. The number of fused-ring (bicyclic) bond motifs is 3. The quantitative estimate of drug-likeness (QED) is 0.229. The van der Waals surface area contributed by atoms with Crippen LogP contribution in [0.4, 0.5) is 10.5 Å². The van der Waals surface area contributed by atoms with Gasteiger partial charge >= 0.3 is 18.0 Å². The number of nitrogens with zero attached hydrogens (tertiary/aromatic N) is 1. The van der Waals surface area contributed by atoms with Crippen LogP contribution in [0.1, 0.15) is 20.3 Å². The molecule has 0 saturated carbocycles. The van der Waals surface area contributed by atoms with Gasteiger partial charge in [-0.05, 0) is 38.5 Å². The topological polar surface area (TPSA) is 141 Å². The van der Waals surface area contributed by atoms with Crippen molar-refractivity contribution in [3.05, 3.63) is 72.6 Å². The monoisotopic (exact) mass is 465 g/mol. The predicted octanol–water partition coefficient (Wildman–Crippen LogP) is 4.47. The molecule has 9 nitrogen and oxygen atoms in total. The molecule has 1 aromatic heterocycles. The molecule has 178 valence electrons. The largest absolute Gasteiger partial charge is 0.478 e. The van der Waals surface area contributed by atoms with E-state index in [0.29, 0.717) is 30.0 Å².